The first kappa shape index (κ1) is 27.4. The zero-order valence-corrected chi connectivity index (χ0v) is 23.5. The number of thioether (sulfide) groups is 1. The number of aryl methyl sites for hydroxylation is 2. The van der Waals surface area contributed by atoms with E-state index in [1.165, 1.54) is 7.11 Å². The fraction of sp³-hybridized carbons (Fsp3) is 0.207. The molecule has 0 aromatic heterocycles. The molecule has 0 atom stereocenters. The molecular weight excluding hydrogens is 556 g/mol. The van der Waals surface area contributed by atoms with Crippen molar-refractivity contribution in [2.75, 3.05) is 25.8 Å². The molecule has 3 aromatic rings. The van der Waals surface area contributed by atoms with Crippen molar-refractivity contribution in [1.82, 2.24) is 4.90 Å². The number of anilines is 1. The molecule has 3 aromatic carbocycles. The van der Waals surface area contributed by atoms with Crippen LogP contribution in [0.2, 0.25) is 5.02 Å². The van der Waals surface area contributed by atoms with E-state index < -0.39 is 11.1 Å². The van der Waals surface area contributed by atoms with Gasteiger partial charge in [-0.2, -0.15) is 0 Å². The molecule has 1 fully saturated rings. The highest BCUT2D eigenvalue weighted by molar-refractivity contribution is 8.18. The summed E-state index contributed by atoms with van der Waals surface area (Å²) in [6, 6.07) is 14.0. The Bertz CT molecular complexity index is 1560. The lowest BCUT2D eigenvalue weighted by atomic mass is 10.1. The van der Waals surface area contributed by atoms with Crippen LogP contribution in [-0.2, 0) is 16.1 Å². The van der Waals surface area contributed by atoms with Crippen LogP contribution in [-0.4, -0.2) is 42.5 Å². The number of rotatable bonds is 8. The molecule has 0 bridgehead atoms. The second-order valence-corrected chi connectivity index (χ2v) is 10.5. The molecule has 2 heterocycles. The highest BCUT2D eigenvalue weighted by Gasteiger charge is 2.35. The average molecular weight is 581 g/mol. The van der Waals surface area contributed by atoms with Gasteiger partial charge in [0, 0.05) is 16.8 Å². The number of benzene rings is 3. The largest absolute Gasteiger partial charge is 0.493 e. The van der Waals surface area contributed by atoms with E-state index in [2.05, 4.69) is 5.32 Å². The smallest absolute Gasteiger partial charge is 0.293 e. The summed E-state index contributed by atoms with van der Waals surface area (Å²) in [6.07, 6.45) is 1.60. The van der Waals surface area contributed by atoms with E-state index in [1.807, 2.05) is 32.0 Å². The monoisotopic (exact) mass is 580 g/mol. The number of fused-ring (bicyclic) bond motifs is 1. The summed E-state index contributed by atoms with van der Waals surface area (Å²) < 4.78 is 21.8. The molecule has 40 heavy (non-hydrogen) atoms. The van der Waals surface area contributed by atoms with Crippen LogP contribution in [0.1, 0.15) is 22.3 Å². The van der Waals surface area contributed by atoms with E-state index in [4.69, 9.17) is 30.5 Å². The number of carbonyl (C=O) groups is 3. The molecule has 2 aliphatic heterocycles. The Kier molecular flexibility index (Phi) is 7.90. The zero-order valence-electron chi connectivity index (χ0n) is 21.9. The molecule has 1 saturated heterocycles. The Balaban J connectivity index is 1.25. The van der Waals surface area contributed by atoms with Crippen LogP contribution in [0.5, 0.6) is 23.0 Å². The van der Waals surface area contributed by atoms with Crippen LogP contribution in [0.4, 0.5) is 10.5 Å². The zero-order chi connectivity index (χ0) is 28.4. The third-order valence-corrected chi connectivity index (χ3v) is 7.64. The molecule has 5 rings (SSSR count). The van der Waals surface area contributed by atoms with Crippen molar-refractivity contribution in [3.05, 3.63) is 80.7 Å². The topological polar surface area (TPSA) is 103 Å². The van der Waals surface area contributed by atoms with Gasteiger partial charge >= 0.3 is 0 Å². The predicted molar refractivity (Wildman–Crippen MR) is 152 cm³/mol. The third kappa shape index (κ3) is 5.88. The molecule has 206 valence electrons. The molecule has 0 radical (unpaired) electrons. The van der Waals surface area contributed by atoms with Gasteiger partial charge in [-0.25, -0.2) is 0 Å². The van der Waals surface area contributed by atoms with E-state index in [9.17, 15) is 14.4 Å². The number of halogens is 1. The number of hydrogen-bond acceptors (Lipinski definition) is 8. The van der Waals surface area contributed by atoms with Crippen molar-refractivity contribution < 1.29 is 33.3 Å². The van der Waals surface area contributed by atoms with Crippen molar-refractivity contribution in [3.63, 3.8) is 0 Å². The number of carbonyl (C=O) groups excluding carboxylic acids is 3. The van der Waals surface area contributed by atoms with Crippen LogP contribution < -0.4 is 24.3 Å². The summed E-state index contributed by atoms with van der Waals surface area (Å²) in [4.78, 5) is 39.5. The molecule has 9 nitrogen and oxygen atoms in total. The molecule has 3 amide bonds. The minimum absolute atomic E-state index is 0.00218. The summed E-state index contributed by atoms with van der Waals surface area (Å²) >= 11 is 7.17. The number of hydrogen-bond donors (Lipinski definition) is 1. The standard InChI is InChI=1S/C29H25ClN2O7S/c1-16-4-6-20(8-17(16)2)31-27(33)14-37-22-7-5-18(9-23(22)36-3)10-26-28(34)32(29(35)40-26)13-19-11-24-25(12-21(19)30)39-15-38-24/h4-12H,13-15H2,1-3H3,(H,31,33)/b26-10+. The highest BCUT2D eigenvalue weighted by atomic mass is 35.5. The van der Waals surface area contributed by atoms with Crippen LogP contribution in [0, 0.1) is 13.8 Å². The first-order valence-corrected chi connectivity index (χ1v) is 13.4. The summed E-state index contributed by atoms with van der Waals surface area (Å²) in [5.41, 5.74) is 4.09. The number of ether oxygens (including phenoxy) is 4. The van der Waals surface area contributed by atoms with Gasteiger partial charge in [-0.15, -0.1) is 0 Å². The Labute approximate surface area is 240 Å². The van der Waals surface area contributed by atoms with Crippen LogP contribution >= 0.6 is 23.4 Å². The summed E-state index contributed by atoms with van der Waals surface area (Å²) in [6.45, 7) is 3.85. The number of amides is 3. The molecular formula is C29H25ClN2O7S. The van der Waals surface area contributed by atoms with Crippen LogP contribution in [0.3, 0.4) is 0 Å². The Morgan fingerprint density at radius 2 is 1.82 bits per heavy atom. The van der Waals surface area contributed by atoms with Gasteiger partial charge in [0.15, 0.2) is 29.6 Å². The van der Waals surface area contributed by atoms with E-state index in [0.717, 1.165) is 27.8 Å². The van der Waals surface area contributed by atoms with Gasteiger partial charge in [0.1, 0.15) is 0 Å². The maximum atomic E-state index is 13.1. The second kappa shape index (κ2) is 11.5. The van der Waals surface area contributed by atoms with Crippen molar-refractivity contribution in [2.24, 2.45) is 0 Å². The summed E-state index contributed by atoms with van der Waals surface area (Å²) in [5.74, 6) is 1.02. The lowest BCUT2D eigenvalue weighted by Crippen LogP contribution is -2.27. The first-order valence-electron chi connectivity index (χ1n) is 12.2. The van der Waals surface area contributed by atoms with Gasteiger partial charge in [-0.05, 0) is 84.3 Å². The molecule has 0 saturated carbocycles. The Morgan fingerprint density at radius 1 is 1.05 bits per heavy atom. The van der Waals surface area contributed by atoms with Gasteiger partial charge < -0.3 is 24.3 Å². The summed E-state index contributed by atoms with van der Waals surface area (Å²) in [7, 11) is 1.48. The van der Waals surface area contributed by atoms with Gasteiger partial charge in [0.25, 0.3) is 17.1 Å². The predicted octanol–water partition coefficient (Wildman–Crippen LogP) is 5.95. The van der Waals surface area contributed by atoms with Crippen molar-refractivity contribution >= 4 is 52.2 Å². The lowest BCUT2D eigenvalue weighted by molar-refractivity contribution is -0.123. The SMILES string of the molecule is COc1cc(/C=C2/SC(=O)N(Cc3cc4c(cc3Cl)OCO4)C2=O)ccc1OCC(=O)Nc1ccc(C)c(C)c1. The van der Waals surface area contributed by atoms with E-state index in [1.54, 1.807) is 36.4 Å². The summed E-state index contributed by atoms with van der Waals surface area (Å²) in [5, 5.41) is 2.77. The number of methoxy groups -OCH3 is 1. The number of nitrogens with one attached hydrogen (secondary N) is 1. The van der Waals surface area contributed by atoms with Gasteiger partial charge in [-0.3, -0.25) is 19.3 Å². The van der Waals surface area contributed by atoms with Crippen molar-refractivity contribution in [1.29, 1.82) is 0 Å². The average Bonchev–Trinajstić information content (AvgIpc) is 3.48. The number of imide groups is 1. The van der Waals surface area contributed by atoms with Crippen LogP contribution in [0.15, 0.2) is 53.4 Å². The third-order valence-electron chi connectivity index (χ3n) is 6.38. The Hall–Kier alpha value is -4.15. The van der Waals surface area contributed by atoms with E-state index >= 15 is 0 Å². The molecule has 2 aliphatic rings. The lowest BCUT2D eigenvalue weighted by Gasteiger charge is -2.14. The van der Waals surface area contributed by atoms with Gasteiger partial charge in [-0.1, -0.05) is 23.7 Å². The van der Waals surface area contributed by atoms with Gasteiger partial charge in [0.05, 0.1) is 18.6 Å². The van der Waals surface area contributed by atoms with Gasteiger partial charge in [0.2, 0.25) is 6.79 Å². The molecule has 1 N–H and O–H groups in total. The van der Waals surface area contributed by atoms with Crippen molar-refractivity contribution in [2.45, 2.75) is 20.4 Å². The maximum Gasteiger partial charge on any atom is 0.293 e. The fourth-order valence-corrected chi connectivity index (χ4v) is 5.14. The first-order chi connectivity index (χ1) is 19.2. The molecule has 0 aliphatic carbocycles. The minimum atomic E-state index is -0.439. The number of nitrogens with zero attached hydrogens (tertiary/aromatic N) is 1. The highest BCUT2D eigenvalue weighted by Crippen LogP contribution is 2.40. The van der Waals surface area contributed by atoms with E-state index in [0.29, 0.717) is 44.8 Å². The minimum Gasteiger partial charge on any atom is -0.493 e. The molecule has 0 unspecified atom stereocenters. The maximum absolute atomic E-state index is 13.1. The Morgan fingerprint density at radius 3 is 2.58 bits per heavy atom. The van der Waals surface area contributed by atoms with E-state index in [-0.39, 0.29) is 30.8 Å². The quantitative estimate of drug-likeness (QED) is 0.326. The van der Waals surface area contributed by atoms with Crippen LogP contribution in [0.25, 0.3) is 6.08 Å². The normalized spacial score (nSPS) is 15.1. The van der Waals surface area contributed by atoms with Crippen molar-refractivity contribution in [3.8, 4) is 23.0 Å². The molecule has 11 heteroatoms. The fourth-order valence-electron chi connectivity index (χ4n) is 4.09. The molecule has 0 spiro atoms. The second-order valence-electron chi connectivity index (χ2n) is 9.11.